The molecule has 2 aliphatic rings. The molecule has 0 saturated heterocycles. The zero-order chi connectivity index (χ0) is 13.4. The van der Waals surface area contributed by atoms with E-state index in [0.29, 0.717) is 0 Å². The molecule has 0 radical (unpaired) electrons. The molecule has 2 aliphatic carbocycles. The molecular weight excluding hydrogens is 216 g/mol. The summed E-state index contributed by atoms with van der Waals surface area (Å²) < 4.78 is 0. The second-order valence-electron chi connectivity index (χ2n) is 6.83. The maximum absolute atomic E-state index is 2.43. The average molecular weight is 252 g/mol. The smallest absolute Gasteiger partial charge is 0.0414 e. The van der Waals surface area contributed by atoms with Crippen molar-refractivity contribution >= 4 is 0 Å². The maximum Gasteiger partial charge on any atom is -0.0414 e. The maximum atomic E-state index is 2.43. The third-order valence-corrected chi connectivity index (χ3v) is 5.25. The normalized spacial score (nSPS) is 36.7. The standard InChI is InChI=1S/C16H30.C2H6/c1-13-3-7-15(8-4-13)11-12-16-9-5-14(2)6-10-16;1-2/h13-16H,3-12H2,1-2H3;1-2H3. The van der Waals surface area contributed by atoms with E-state index in [0.717, 1.165) is 23.7 Å². The van der Waals surface area contributed by atoms with Crippen molar-refractivity contribution in [1.82, 2.24) is 0 Å². The van der Waals surface area contributed by atoms with Crippen molar-refractivity contribution in [3.8, 4) is 0 Å². The molecule has 0 heterocycles. The molecule has 2 saturated carbocycles. The van der Waals surface area contributed by atoms with Crippen LogP contribution in [0.2, 0.25) is 0 Å². The van der Waals surface area contributed by atoms with Crippen LogP contribution in [0.3, 0.4) is 0 Å². The van der Waals surface area contributed by atoms with Crippen LogP contribution in [0.1, 0.15) is 91.9 Å². The van der Waals surface area contributed by atoms with Crippen molar-refractivity contribution in [1.29, 1.82) is 0 Å². The van der Waals surface area contributed by atoms with Crippen molar-refractivity contribution in [2.24, 2.45) is 23.7 Å². The fourth-order valence-corrected chi connectivity index (χ4v) is 3.71. The van der Waals surface area contributed by atoms with Crippen LogP contribution in [0.15, 0.2) is 0 Å². The third kappa shape index (κ3) is 5.76. The van der Waals surface area contributed by atoms with Gasteiger partial charge in [-0.05, 0) is 23.7 Å². The predicted octanol–water partition coefficient (Wildman–Crippen LogP) is 6.45. The molecule has 0 N–H and O–H groups in total. The highest BCUT2D eigenvalue weighted by Gasteiger charge is 2.22. The zero-order valence-electron chi connectivity index (χ0n) is 13.4. The summed E-state index contributed by atoms with van der Waals surface area (Å²) in [5.41, 5.74) is 0. The molecule has 2 rings (SSSR count). The van der Waals surface area contributed by atoms with Crippen LogP contribution in [0.5, 0.6) is 0 Å². The largest absolute Gasteiger partial charge is 0.0683 e. The van der Waals surface area contributed by atoms with Gasteiger partial charge in [-0.15, -0.1) is 0 Å². The summed E-state index contributed by atoms with van der Waals surface area (Å²) in [5.74, 6) is 4.23. The fourth-order valence-electron chi connectivity index (χ4n) is 3.71. The van der Waals surface area contributed by atoms with Crippen LogP contribution in [0.4, 0.5) is 0 Å². The Labute approximate surface area is 116 Å². The Hall–Kier alpha value is 0. The van der Waals surface area contributed by atoms with E-state index in [-0.39, 0.29) is 0 Å². The minimum absolute atomic E-state index is 1.02. The molecule has 0 heteroatoms. The van der Waals surface area contributed by atoms with Crippen LogP contribution < -0.4 is 0 Å². The second-order valence-corrected chi connectivity index (χ2v) is 6.83. The Kier molecular flexibility index (Phi) is 8.02. The van der Waals surface area contributed by atoms with Gasteiger partial charge in [0.05, 0.1) is 0 Å². The first-order valence-electron chi connectivity index (χ1n) is 8.74. The van der Waals surface area contributed by atoms with Gasteiger partial charge < -0.3 is 0 Å². The lowest BCUT2D eigenvalue weighted by atomic mass is 9.76. The molecule has 0 aliphatic heterocycles. The summed E-state index contributed by atoms with van der Waals surface area (Å²) in [5, 5.41) is 0. The Balaban J connectivity index is 0.000000771. The monoisotopic (exact) mass is 252 g/mol. The van der Waals surface area contributed by atoms with Crippen molar-refractivity contribution < 1.29 is 0 Å². The van der Waals surface area contributed by atoms with Gasteiger partial charge in [0.25, 0.3) is 0 Å². The van der Waals surface area contributed by atoms with E-state index in [1.807, 2.05) is 13.8 Å². The highest BCUT2D eigenvalue weighted by Crippen LogP contribution is 2.36. The summed E-state index contributed by atoms with van der Waals surface area (Å²) in [6, 6.07) is 0. The third-order valence-electron chi connectivity index (χ3n) is 5.25. The quantitative estimate of drug-likeness (QED) is 0.542. The molecule has 0 amide bonds. The van der Waals surface area contributed by atoms with Crippen LogP contribution in [-0.4, -0.2) is 0 Å². The van der Waals surface area contributed by atoms with Crippen molar-refractivity contribution in [2.75, 3.05) is 0 Å². The van der Waals surface area contributed by atoms with Gasteiger partial charge in [0.15, 0.2) is 0 Å². The predicted molar refractivity (Wildman–Crippen MR) is 82.8 cm³/mol. The van der Waals surface area contributed by atoms with Crippen LogP contribution in [-0.2, 0) is 0 Å². The highest BCUT2D eigenvalue weighted by atomic mass is 14.3. The molecule has 0 aromatic heterocycles. The van der Waals surface area contributed by atoms with Gasteiger partial charge in [-0.2, -0.15) is 0 Å². The molecule has 0 aromatic carbocycles. The van der Waals surface area contributed by atoms with E-state index in [1.54, 1.807) is 12.8 Å². The molecular formula is C18H36. The molecule has 0 aromatic rings. The van der Waals surface area contributed by atoms with E-state index >= 15 is 0 Å². The van der Waals surface area contributed by atoms with E-state index in [4.69, 9.17) is 0 Å². The highest BCUT2D eigenvalue weighted by molar-refractivity contribution is 4.74. The van der Waals surface area contributed by atoms with Crippen molar-refractivity contribution in [2.45, 2.75) is 91.9 Å². The first-order valence-corrected chi connectivity index (χ1v) is 8.74. The van der Waals surface area contributed by atoms with Crippen LogP contribution in [0, 0.1) is 23.7 Å². The van der Waals surface area contributed by atoms with Gasteiger partial charge >= 0.3 is 0 Å². The molecule has 0 unspecified atom stereocenters. The zero-order valence-corrected chi connectivity index (χ0v) is 13.4. The second kappa shape index (κ2) is 8.99. The molecule has 108 valence electrons. The lowest BCUT2D eigenvalue weighted by Gasteiger charge is -2.30. The van der Waals surface area contributed by atoms with Crippen molar-refractivity contribution in [3.05, 3.63) is 0 Å². The van der Waals surface area contributed by atoms with Gasteiger partial charge in [-0.3, -0.25) is 0 Å². The van der Waals surface area contributed by atoms with Crippen molar-refractivity contribution in [3.63, 3.8) is 0 Å². The van der Waals surface area contributed by atoms with Gasteiger partial charge in [-0.1, -0.05) is 91.9 Å². The average Bonchev–Trinajstić information content (AvgIpc) is 2.42. The molecule has 0 bridgehead atoms. The minimum atomic E-state index is 1.02. The van der Waals surface area contributed by atoms with Crippen LogP contribution >= 0.6 is 0 Å². The summed E-state index contributed by atoms with van der Waals surface area (Å²) in [7, 11) is 0. The van der Waals surface area contributed by atoms with Crippen LogP contribution in [0.25, 0.3) is 0 Å². The van der Waals surface area contributed by atoms with E-state index < -0.39 is 0 Å². The lowest BCUT2D eigenvalue weighted by Crippen LogP contribution is -2.16. The molecule has 0 atom stereocenters. The van der Waals surface area contributed by atoms with Gasteiger partial charge in [0.2, 0.25) is 0 Å². The Morgan fingerprint density at radius 2 is 0.833 bits per heavy atom. The Morgan fingerprint density at radius 1 is 0.556 bits per heavy atom. The van der Waals surface area contributed by atoms with Gasteiger partial charge in [0.1, 0.15) is 0 Å². The summed E-state index contributed by atoms with van der Waals surface area (Å²) in [4.78, 5) is 0. The molecule has 18 heavy (non-hydrogen) atoms. The Bertz CT molecular complexity index is 158. The molecule has 0 spiro atoms. The van der Waals surface area contributed by atoms with E-state index in [1.165, 1.54) is 51.4 Å². The van der Waals surface area contributed by atoms with E-state index in [9.17, 15) is 0 Å². The summed E-state index contributed by atoms with van der Waals surface area (Å²) in [6.45, 7) is 8.86. The fraction of sp³-hybridized carbons (Fsp3) is 1.00. The van der Waals surface area contributed by atoms with E-state index in [2.05, 4.69) is 13.8 Å². The van der Waals surface area contributed by atoms with Gasteiger partial charge in [-0.25, -0.2) is 0 Å². The minimum Gasteiger partial charge on any atom is -0.0683 e. The molecule has 0 nitrogen and oxygen atoms in total. The first-order chi connectivity index (χ1) is 8.74. The molecule has 2 fully saturated rings. The summed E-state index contributed by atoms with van der Waals surface area (Å²) in [6.07, 6.45) is 15.2. The van der Waals surface area contributed by atoms with Gasteiger partial charge in [0, 0.05) is 0 Å². The number of hydrogen-bond acceptors (Lipinski definition) is 0. The lowest BCUT2D eigenvalue weighted by molar-refractivity contribution is 0.227. The number of hydrogen-bond donors (Lipinski definition) is 0. The topological polar surface area (TPSA) is 0 Å². The first kappa shape index (κ1) is 16.1. The SMILES string of the molecule is CC.CC1CCC(CCC2CCC(C)CC2)CC1. The Morgan fingerprint density at radius 3 is 1.11 bits per heavy atom. The number of rotatable bonds is 3. The summed E-state index contributed by atoms with van der Waals surface area (Å²) >= 11 is 0.